The highest BCUT2D eigenvalue weighted by atomic mass is 79.9. The first-order chi connectivity index (χ1) is 16.2. The molecule has 1 aliphatic rings. The van der Waals surface area contributed by atoms with E-state index in [1.807, 2.05) is 6.07 Å². The molecule has 8 nitrogen and oxygen atoms in total. The van der Waals surface area contributed by atoms with Crippen LogP contribution in [0.4, 0.5) is 10.1 Å². The fourth-order valence-corrected chi connectivity index (χ4v) is 3.79. The van der Waals surface area contributed by atoms with Crippen LogP contribution in [0.15, 0.2) is 69.7 Å². The highest BCUT2D eigenvalue weighted by Crippen LogP contribution is 2.43. The van der Waals surface area contributed by atoms with Gasteiger partial charge in [-0.2, -0.15) is 5.26 Å². The average Bonchev–Trinajstić information content (AvgIpc) is 2.79. The van der Waals surface area contributed by atoms with Crippen LogP contribution < -0.4 is 15.8 Å². The quantitative estimate of drug-likeness (QED) is 0.513. The minimum absolute atomic E-state index is 0.00682. The molecule has 0 bridgehead atoms. The number of hydrogen-bond donors (Lipinski definition) is 2. The number of nitrogens with two attached hydrogens (primary N) is 1. The average molecular weight is 530 g/mol. The molecule has 3 rings (SSSR count). The van der Waals surface area contributed by atoms with E-state index in [2.05, 4.69) is 21.2 Å². The van der Waals surface area contributed by atoms with E-state index in [4.69, 9.17) is 19.9 Å². The molecular weight excluding hydrogens is 509 g/mol. The van der Waals surface area contributed by atoms with Gasteiger partial charge in [-0.05, 0) is 56.3 Å². The summed E-state index contributed by atoms with van der Waals surface area (Å²) in [7, 11) is 0. The van der Waals surface area contributed by atoms with Crippen LogP contribution in [0.5, 0.6) is 5.75 Å². The van der Waals surface area contributed by atoms with Crippen molar-refractivity contribution in [3.05, 3.63) is 81.1 Å². The van der Waals surface area contributed by atoms with Gasteiger partial charge in [0.1, 0.15) is 29.0 Å². The first kappa shape index (κ1) is 24.8. The Labute approximate surface area is 203 Å². The van der Waals surface area contributed by atoms with Crippen LogP contribution in [0, 0.1) is 17.1 Å². The molecule has 176 valence electrons. The molecule has 1 amide bonds. The van der Waals surface area contributed by atoms with E-state index in [-0.39, 0.29) is 41.8 Å². The Morgan fingerprint density at radius 2 is 1.97 bits per heavy atom. The number of allylic oxidation sites excluding steroid dienone is 2. The van der Waals surface area contributed by atoms with Crippen molar-refractivity contribution in [3.63, 3.8) is 0 Å². The molecule has 0 spiro atoms. The largest absolute Gasteiger partial charge is 0.483 e. The highest BCUT2D eigenvalue weighted by Gasteiger charge is 2.38. The van der Waals surface area contributed by atoms with Gasteiger partial charge in [0.15, 0.2) is 6.61 Å². The molecule has 1 aliphatic heterocycles. The summed E-state index contributed by atoms with van der Waals surface area (Å²) < 4.78 is 30.1. The summed E-state index contributed by atoms with van der Waals surface area (Å²) in [5.74, 6) is -2.21. The van der Waals surface area contributed by atoms with Crippen LogP contribution in [0.1, 0.15) is 25.3 Å². The van der Waals surface area contributed by atoms with Crippen molar-refractivity contribution in [2.75, 3.05) is 18.5 Å². The van der Waals surface area contributed by atoms with Crippen LogP contribution in [0.3, 0.4) is 0 Å². The van der Waals surface area contributed by atoms with E-state index in [1.54, 1.807) is 32.0 Å². The Morgan fingerprint density at radius 1 is 1.26 bits per heavy atom. The normalized spacial score (nSPS) is 15.3. The maximum absolute atomic E-state index is 13.1. The number of anilines is 1. The number of hydrogen-bond acceptors (Lipinski definition) is 7. The number of esters is 1. The van der Waals surface area contributed by atoms with Gasteiger partial charge in [0.2, 0.25) is 5.88 Å². The standard InChI is InChI=1S/C24H21BrFN3O5/c1-3-32-24(31)21-13(2)34-23(28)18(11-27)22(21)17-10-14(25)4-9-19(17)33-12-20(30)29-16-7-5-15(26)6-8-16/h4-10,22H,3,12,28H2,1-2H3,(H,29,30). The predicted octanol–water partition coefficient (Wildman–Crippen LogP) is 4.25. The molecule has 0 radical (unpaired) electrons. The van der Waals surface area contributed by atoms with Crippen molar-refractivity contribution in [2.45, 2.75) is 19.8 Å². The van der Waals surface area contributed by atoms with Crippen molar-refractivity contribution >= 4 is 33.5 Å². The first-order valence-corrected chi connectivity index (χ1v) is 11.0. The highest BCUT2D eigenvalue weighted by molar-refractivity contribution is 9.10. The summed E-state index contributed by atoms with van der Waals surface area (Å²) in [5.41, 5.74) is 6.88. The molecule has 10 heteroatoms. The Hall–Kier alpha value is -3.84. The van der Waals surface area contributed by atoms with Crippen LogP contribution in [-0.2, 0) is 19.1 Å². The third kappa shape index (κ3) is 5.55. The molecule has 0 aromatic heterocycles. The van der Waals surface area contributed by atoms with Gasteiger partial charge < -0.3 is 25.3 Å². The summed E-state index contributed by atoms with van der Waals surface area (Å²) >= 11 is 3.39. The molecule has 2 aromatic carbocycles. The van der Waals surface area contributed by atoms with E-state index >= 15 is 0 Å². The van der Waals surface area contributed by atoms with Crippen LogP contribution in [0.2, 0.25) is 0 Å². The van der Waals surface area contributed by atoms with Crippen LogP contribution in [0.25, 0.3) is 0 Å². The molecule has 0 saturated heterocycles. The zero-order chi connectivity index (χ0) is 24.8. The lowest BCUT2D eigenvalue weighted by molar-refractivity contribution is -0.139. The van der Waals surface area contributed by atoms with Gasteiger partial charge in [-0.1, -0.05) is 15.9 Å². The number of carbonyl (C=O) groups excluding carboxylic acids is 2. The summed E-state index contributed by atoms with van der Waals surface area (Å²) in [6, 6.07) is 12.3. The van der Waals surface area contributed by atoms with Crippen molar-refractivity contribution in [2.24, 2.45) is 5.73 Å². The molecule has 0 saturated carbocycles. The second-order valence-corrected chi connectivity index (χ2v) is 8.06. The Kier molecular flexibility index (Phi) is 7.91. The number of halogens is 2. The first-order valence-electron chi connectivity index (χ1n) is 10.2. The topological polar surface area (TPSA) is 124 Å². The number of nitriles is 1. The van der Waals surface area contributed by atoms with Crippen molar-refractivity contribution in [1.82, 2.24) is 0 Å². The molecular formula is C24H21BrFN3O5. The zero-order valence-corrected chi connectivity index (χ0v) is 19.9. The fourth-order valence-electron chi connectivity index (χ4n) is 3.42. The number of benzene rings is 2. The fraction of sp³-hybridized carbons (Fsp3) is 0.208. The van der Waals surface area contributed by atoms with Gasteiger partial charge in [0, 0.05) is 15.7 Å². The second-order valence-electron chi connectivity index (χ2n) is 7.14. The lowest BCUT2D eigenvalue weighted by Gasteiger charge is -2.28. The molecule has 0 fully saturated rings. The molecule has 34 heavy (non-hydrogen) atoms. The molecule has 3 N–H and O–H groups in total. The number of rotatable bonds is 7. The third-order valence-electron chi connectivity index (χ3n) is 4.87. The van der Waals surface area contributed by atoms with Gasteiger partial charge >= 0.3 is 5.97 Å². The monoisotopic (exact) mass is 529 g/mol. The summed E-state index contributed by atoms with van der Waals surface area (Å²) in [4.78, 5) is 25.2. The van der Waals surface area contributed by atoms with Gasteiger partial charge in [-0.3, -0.25) is 4.79 Å². The maximum Gasteiger partial charge on any atom is 0.338 e. The molecule has 1 atom stereocenters. The van der Waals surface area contributed by atoms with Crippen molar-refractivity contribution in [1.29, 1.82) is 5.26 Å². The van der Waals surface area contributed by atoms with Crippen LogP contribution in [-0.4, -0.2) is 25.1 Å². The Bertz CT molecular complexity index is 1220. The van der Waals surface area contributed by atoms with Gasteiger partial charge in [-0.25, -0.2) is 9.18 Å². The molecule has 2 aromatic rings. The molecule has 0 aliphatic carbocycles. The van der Waals surface area contributed by atoms with E-state index in [1.165, 1.54) is 24.3 Å². The summed E-state index contributed by atoms with van der Waals surface area (Å²) in [6.07, 6.45) is 0. The van der Waals surface area contributed by atoms with Gasteiger partial charge in [0.05, 0.1) is 18.1 Å². The minimum atomic E-state index is -0.939. The summed E-state index contributed by atoms with van der Waals surface area (Å²) in [6.45, 7) is 2.95. The molecule has 1 unspecified atom stereocenters. The van der Waals surface area contributed by atoms with Crippen LogP contribution >= 0.6 is 15.9 Å². The van der Waals surface area contributed by atoms with Crippen molar-refractivity contribution < 1.29 is 28.2 Å². The number of nitrogens with zero attached hydrogens (tertiary/aromatic N) is 1. The second kappa shape index (κ2) is 10.9. The lowest BCUT2D eigenvalue weighted by Crippen LogP contribution is -2.26. The number of nitrogens with one attached hydrogen (secondary N) is 1. The molecule has 1 heterocycles. The third-order valence-corrected chi connectivity index (χ3v) is 5.36. The Morgan fingerprint density at radius 3 is 2.62 bits per heavy atom. The number of carbonyl (C=O) groups is 2. The SMILES string of the molecule is CCOC(=O)C1=C(C)OC(N)=C(C#N)C1c1cc(Br)ccc1OCC(=O)Nc1ccc(F)cc1. The minimum Gasteiger partial charge on any atom is -0.483 e. The number of amides is 1. The predicted molar refractivity (Wildman–Crippen MR) is 125 cm³/mol. The smallest absolute Gasteiger partial charge is 0.338 e. The lowest BCUT2D eigenvalue weighted by atomic mass is 9.82. The number of ether oxygens (including phenoxy) is 3. The maximum atomic E-state index is 13.1. The van der Waals surface area contributed by atoms with Gasteiger partial charge in [-0.15, -0.1) is 0 Å². The van der Waals surface area contributed by atoms with E-state index in [0.717, 1.165) is 0 Å². The Balaban J connectivity index is 1.94. The zero-order valence-electron chi connectivity index (χ0n) is 18.4. The van der Waals surface area contributed by atoms with E-state index in [9.17, 15) is 19.2 Å². The summed E-state index contributed by atoms with van der Waals surface area (Å²) in [5, 5.41) is 12.4. The van der Waals surface area contributed by atoms with E-state index in [0.29, 0.717) is 15.7 Å². The van der Waals surface area contributed by atoms with E-state index < -0.39 is 23.6 Å². The van der Waals surface area contributed by atoms with Gasteiger partial charge in [0.25, 0.3) is 5.91 Å². The van der Waals surface area contributed by atoms with Crippen molar-refractivity contribution in [3.8, 4) is 11.8 Å².